The van der Waals surface area contributed by atoms with E-state index in [2.05, 4.69) is 29.2 Å². The van der Waals surface area contributed by atoms with Crippen molar-refractivity contribution in [3.63, 3.8) is 0 Å². The molecular formula is C37H49FN4O4. The fourth-order valence-corrected chi connectivity index (χ4v) is 6.62. The van der Waals surface area contributed by atoms with E-state index in [1.165, 1.54) is 0 Å². The van der Waals surface area contributed by atoms with Gasteiger partial charge in [-0.1, -0.05) is 39.0 Å². The molecule has 8 nitrogen and oxygen atoms in total. The number of likely N-dealkylation sites (tertiary alicyclic amines) is 1. The molecule has 2 unspecified atom stereocenters. The Bertz CT molecular complexity index is 1620. The summed E-state index contributed by atoms with van der Waals surface area (Å²) in [6.45, 7) is 17.5. The smallest absolute Gasteiger partial charge is 0.305 e. The second-order valence-electron chi connectivity index (χ2n) is 14.1. The number of hydrogen-bond acceptors (Lipinski definition) is 5. The highest BCUT2D eigenvalue weighted by molar-refractivity contribution is 5.78. The van der Waals surface area contributed by atoms with Crippen molar-refractivity contribution in [3.8, 4) is 11.1 Å². The Kier molecular flexibility index (Phi) is 11.2. The van der Waals surface area contributed by atoms with Gasteiger partial charge in [-0.3, -0.25) is 14.4 Å². The van der Waals surface area contributed by atoms with Gasteiger partial charge in [-0.15, -0.1) is 0 Å². The van der Waals surface area contributed by atoms with Crippen LogP contribution in [0, 0.1) is 44.8 Å². The molecule has 2 heterocycles. The lowest BCUT2D eigenvalue weighted by Crippen LogP contribution is -2.53. The van der Waals surface area contributed by atoms with E-state index in [1.54, 1.807) is 23.7 Å². The molecule has 0 saturated carbocycles. The predicted molar refractivity (Wildman–Crippen MR) is 179 cm³/mol. The number of benzene rings is 2. The van der Waals surface area contributed by atoms with Crippen LogP contribution in [0.15, 0.2) is 41.2 Å². The molecule has 1 aromatic heterocycles. The van der Waals surface area contributed by atoms with Crippen LogP contribution in [0.1, 0.15) is 86.0 Å². The maximum atomic E-state index is 15.5. The first-order valence-electron chi connectivity index (χ1n) is 16.3. The van der Waals surface area contributed by atoms with Crippen molar-refractivity contribution < 1.29 is 19.1 Å². The number of aliphatic carboxylic acids is 1. The van der Waals surface area contributed by atoms with Gasteiger partial charge >= 0.3 is 5.97 Å². The highest BCUT2D eigenvalue weighted by Gasteiger charge is 2.33. The largest absolute Gasteiger partial charge is 0.481 e. The highest BCUT2D eigenvalue weighted by atomic mass is 19.1. The maximum Gasteiger partial charge on any atom is 0.305 e. The number of amides is 1. The second kappa shape index (κ2) is 14.7. The number of aryl methyl sites for hydroxylation is 5. The minimum atomic E-state index is -1.13. The van der Waals surface area contributed by atoms with Crippen LogP contribution < -0.4 is 10.9 Å². The Morgan fingerprint density at radius 1 is 1.00 bits per heavy atom. The van der Waals surface area contributed by atoms with E-state index in [1.807, 2.05) is 52.0 Å². The van der Waals surface area contributed by atoms with E-state index in [0.717, 1.165) is 54.0 Å². The summed E-state index contributed by atoms with van der Waals surface area (Å²) in [5, 5.41) is 17.1. The summed E-state index contributed by atoms with van der Waals surface area (Å²) in [5.41, 5.74) is 6.22. The molecule has 1 amide bonds. The standard InChI is InChI=1S/C37H49FN4O4/c1-23(13-16-42-36(46)27(5)18-29(40-42)14-15-41-21-37(6,7)22-41)11-12-32(43)39-31(20-33(44)45)30-19-28(17-26(4)35(30)38)34-24(2)9-8-10-25(34)3/h8-10,17-19,23,31H,11-16,20-22H2,1-7H3,(H,39,43)(H,44,45). The average Bonchev–Trinajstić information content (AvgIpc) is 2.95. The number of halogens is 1. The summed E-state index contributed by atoms with van der Waals surface area (Å²) in [6.07, 6.45) is 1.70. The minimum Gasteiger partial charge on any atom is -0.481 e. The molecule has 1 saturated heterocycles. The summed E-state index contributed by atoms with van der Waals surface area (Å²) in [6, 6.07) is 10.2. The van der Waals surface area contributed by atoms with Gasteiger partial charge in [-0.2, -0.15) is 5.10 Å². The lowest BCUT2D eigenvalue weighted by Gasteiger charge is -2.45. The third-order valence-electron chi connectivity index (χ3n) is 9.03. The number of hydrogen-bond donors (Lipinski definition) is 2. The monoisotopic (exact) mass is 632 g/mol. The van der Waals surface area contributed by atoms with E-state index in [0.29, 0.717) is 35.9 Å². The van der Waals surface area contributed by atoms with E-state index in [-0.39, 0.29) is 29.4 Å². The summed E-state index contributed by atoms with van der Waals surface area (Å²) < 4.78 is 17.0. The van der Waals surface area contributed by atoms with E-state index in [4.69, 9.17) is 0 Å². The first-order valence-corrected chi connectivity index (χ1v) is 16.3. The zero-order valence-corrected chi connectivity index (χ0v) is 28.4. The molecule has 1 fully saturated rings. The van der Waals surface area contributed by atoms with Gasteiger partial charge in [0.05, 0.1) is 18.2 Å². The van der Waals surface area contributed by atoms with Gasteiger partial charge in [0.1, 0.15) is 5.82 Å². The Morgan fingerprint density at radius 2 is 1.67 bits per heavy atom. The van der Waals surface area contributed by atoms with Crippen LogP contribution in [0.5, 0.6) is 0 Å². The molecule has 1 aliphatic heterocycles. The first-order chi connectivity index (χ1) is 21.6. The quantitative estimate of drug-likeness (QED) is 0.216. The number of carboxylic acid groups (broad SMARTS) is 1. The van der Waals surface area contributed by atoms with Crippen molar-refractivity contribution >= 4 is 11.9 Å². The zero-order valence-electron chi connectivity index (χ0n) is 28.4. The Morgan fingerprint density at radius 3 is 2.30 bits per heavy atom. The van der Waals surface area contributed by atoms with Crippen LogP contribution in [0.2, 0.25) is 0 Å². The van der Waals surface area contributed by atoms with Crippen molar-refractivity contribution in [1.29, 1.82) is 0 Å². The van der Waals surface area contributed by atoms with Crippen molar-refractivity contribution in [2.24, 2.45) is 11.3 Å². The fourth-order valence-electron chi connectivity index (χ4n) is 6.62. The zero-order chi connectivity index (χ0) is 33.8. The topological polar surface area (TPSA) is 105 Å². The number of carbonyl (C=O) groups excluding carboxylic acids is 1. The molecule has 2 N–H and O–H groups in total. The van der Waals surface area contributed by atoms with Crippen molar-refractivity contribution in [3.05, 3.63) is 86.1 Å². The van der Waals surface area contributed by atoms with Crippen LogP contribution in [0.4, 0.5) is 4.39 Å². The Hall–Kier alpha value is -3.85. The summed E-state index contributed by atoms with van der Waals surface area (Å²) in [5.74, 6) is -1.87. The number of carbonyl (C=O) groups is 2. The maximum absolute atomic E-state index is 15.5. The minimum absolute atomic E-state index is 0.101. The van der Waals surface area contributed by atoms with Gasteiger partial charge in [-0.05, 0) is 97.9 Å². The molecule has 9 heteroatoms. The van der Waals surface area contributed by atoms with Crippen molar-refractivity contribution in [1.82, 2.24) is 20.0 Å². The molecule has 0 spiro atoms. The molecule has 4 rings (SSSR count). The van der Waals surface area contributed by atoms with E-state index < -0.39 is 24.2 Å². The van der Waals surface area contributed by atoms with Gasteiger partial charge in [0.25, 0.3) is 5.56 Å². The molecule has 0 aliphatic carbocycles. The Balaban J connectivity index is 1.38. The molecule has 0 bridgehead atoms. The fraction of sp³-hybridized carbons (Fsp3) is 0.514. The van der Waals surface area contributed by atoms with Crippen LogP contribution in [0.25, 0.3) is 11.1 Å². The van der Waals surface area contributed by atoms with Crippen LogP contribution in [-0.2, 0) is 22.6 Å². The van der Waals surface area contributed by atoms with Crippen LogP contribution in [-0.4, -0.2) is 51.3 Å². The molecule has 2 aromatic carbocycles. The third kappa shape index (κ3) is 8.90. The van der Waals surface area contributed by atoms with Crippen molar-refractivity contribution in [2.75, 3.05) is 19.6 Å². The number of nitrogens with zero attached hydrogens (tertiary/aromatic N) is 3. The van der Waals surface area contributed by atoms with Gasteiger partial charge in [0.2, 0.25) is 5.91 Å². The van der Waals surface area contributed by atoms with Gasteiger partial charge in [-0.25, -0.2) is 9.07 Å². The van der Waals surface area contributed by atoms with Crippen molar-refractivity contribution in [2.45, 2.75) is 93.2 Å². The second-order valence-corrected chi connectivity index (χ2v) is 14.1. The van der Waals surface area contributed by atoms with Gasteiger partial charge < -0.3 is 15.3 Å². The van der Waals surface area contributed by atoms with Gasteiger partial charge in [0, 0.05) is 50.1 Å². The summed E-state index contributed by atoms with van der Waals surface area (Å²) in [7, 11) is 0. The highest BCUT2D eigenvalue weighted by Crippen LogP contribution is 2.33. The normalized spacial score (nSPS) is 15.7. The molecule has 0 radical (unpaired) electrons. The average molecular weight is 633 g/mol. The summed E-state index contributed by atoms with van der Waals surface area (Å²) >= 11 is 0. The molecular weight excluding hydrogens is 583 g/mol. The Labute approximate surface area is 272 Å². The van der Waals surface area contributed by atoms with Crippen LogP contribution >= 0.6 is 0 Å². The summed E-state index contributed by atoms with van der Waals surface area (Å²) in [4.78, 5) is 40.1. The number of aromatic nitrogens is 2. The lowest BCUT2D eigenvalue weighted by molar-refractivity contribution is -0.137. The molecule has 248 valence electrons. The molecule has 1 aliphatic rings. The van der Waals surface area contributed by atoms with Crippen LogP contribution in [0.3, 0.4) is 0 Å². The third-order valence-corrected chi connectivity index (χ3v) is 9.03. The predicted octanol–water partition coefficient (Wildman–Crippen LogP) is 6.31. The first kappa shape index (κ1) is 35.0. The lowest BCUT2D eigenvalue weighted by atomic mass is 9.84. The number of rotatable bonds is 14. The van der Waals surface area contributed by atoms with E-state index in [9.17, 15) is 19.5 Å². The van der Waals surface area contributed by atoms with Gasteiger partial charge in [0.15, 0.2) is 0 Å². The SMILES string of the molecule is Cc1cc(-c2c(C)cccc2C)cc(C(CC(=O)O)NC(=O)CCC(C)CCn2nc(CCN3CC(C)(C)C3)cc(C)c2=O)c1F. The molecule has 46 heavy (non-hydrogen) atoms. The van der Waals surface area contributed by atoms with E-state index >= 15 is 4.39 Å². The number of carboxylic acids is 1. The molecule has 3 aromatic rings. The number of nitrogens with one attached hydrogen (secondary N) is 1. The molecule has 2 atom stereocenters.